The summed E-state index contributed by atoms with van der Waals surface area (Å²) in [5.74, 6) is -0.587. The van der Waals surface area contributed by atoms with Crippen molar-refractivity contribution in [3.8, 4) is 0 Å². The lowest BCUT2D eigenvalue weighted by atomic mass is 10.4. The normalized spacial score (nSPS) is 11.8. The van der Waals surface area contributed by atoms with Crippen LogP contribution in [0.5, 0.6) is 0 Å². The zero-order chi connectivity index (χ0) is 8.48. The molecule has 0 unspecified atom stereocenters. The summed E-state index contributed by atoms with van der Waals surface area (Å²) < 4.78 is 32.7. The highest BCUT2D eigenvalue weighted by Gasteiger charge is 2.09. The van der Waals surface area contributed by atoms with Gasteiger partial charge >= 0.3 is 10.2 Å². The molecule has 0 aliphatic heterocycles. The first-order valence-electron chi connectivity index (χ1n) is 2.62. The lowest BCUT2D eigenvalue weighted by Crippen LogP contribution is -1.93. The van der Waals surface area contributed by atoms with Crippen molar-refractivity contribution in [3.05, 3.63) is 21.3 Å². The summed E-state index contributed by atoms with van der Waals surface area (Å²) in [5.41, 5.74) is 0.391. The first kappa shape index (κ1) is 8.96. The van der Waals surface area contributed by atoms with Crippen LogP contribution >= 0.6 is 22.9 Å². The molecule has 0 aromatic carbocycles. The summed E-state index contributed by atoms with van der Waals surface area (Å²) in [4.78, 5) is 0. The Morgan fingerprint density at radius 3 is 2.64 bits per heavy atom. The van der Waals surface area contributed by atoms with Gasteiger partial charge < -0.3 is 0 Å². The minimum absolute atomic E-state index is 0.391. The van der Waals surface area contributed by atoms with Gasteiger partial charge in [-0.2, -0.15) is 8.42 Å². The molecule has 0 atom stereocenters. The van der Waals surface area contributed by atoms with E-state index in [9.17, 15) is 12.3 Å². The highest BCUT2D eigenvalue weighted by molar-refractivity contribution is 7.85. The number of hydrogen-bond acceptors (Lipinski definition) is 3. The Morgan fingerprint density at radius 1 is 1.64 bits per heavy atom. The fourth-order valence-corrected chi connectivity index (χ4v) is 2.20. The van der Waals surface area contributed by atoms with Crippen LogP contribution in [0.1, 0.15) is 5.56 Å². The Hall–Kier alpha value is -0.130. The molecule has 6 heteroatoms. The Morgan fingerprint density at radius 2 is 2.27 bits per heavy atom. The van der Waals surface area contributed by atoms with Crippen LogP contribution in [0.15, 0.2) is 11.4 Å². The molecule has 0 aliphatic rings. The van der Waals surface area contributed by atoms with Gasteiger partial charge in [0.15, 0.2) is 0 Å². The van der Waals surface area contributed by atoms with Crippen LogP contribution < -0.4 is 0 Å². The van der Waals surface area contributed by atoms with Gasteiger partial charge in [0, 0.05) is 0 Å². The van der Waals surface area contributed by atoms with E-state index in [2.05, 4.69) is 0 Å². The van der Waals surface area contributed by atoms with Crippen LogP contribution in [0.4, 0.5) is 3.89 Å². The molecule has 1 heterocycles. The minimum Gasteiger partial charge on any atom is -0.194 e. The first-order valence-corrected chi connectivity index (χ1v) is 5.43. The molecule has 0 fully saturated rings. The van der Waals surface area contributed by atoms with E-state index >= 15 is 0 Å². The van der Waals surface area contributed by atoms with Crippen LogP contribution in [0.3, 0.4) is 0 Å². The number of thiophene rings is 1. The van der Waals surface area contributed by atoms with E-state index in [4.69, 9.17) is 11.6 Å². The third-order valence-electron chi connectivity index (χ3n) is 0.961. The smallest absolute Gasteiger partial charge is 0.194 e. The predicted octanol–water partition coefficient (Wildman–Crippen LogP) is 2.20. The van der Waals surface area contributed by atoms with E-state index < -0.39 is 16.0 Å². The van der Waals surface area contributed by atoms with Crippen molar-refractivity contribution < 1.29 is 12.3 Å². The molecule has 0 saturated heterocycles. The second-order valence-electron chi connectivity index (χ2n) is 1.94. The second kappa shape index (κ2) is 3.08. The largest absolute Gasteiger partial charge is 0.306 e. The molecule has 0 bridgehead atoms. The summed E-state index contributed by atoms with van der Waals surface area (Å²) in [6, 6.07) is 1.43. The van der Waals surface area contributed by atoms with E-state index in [0.29, 0.717) is 9.90 Å². The van der Waals surface area contributed by atoms with E-state index in [1.165, 1.54) is 22.8 Å². The third kappa shape index (κ3) is 3.18. The second-order valence-corrected chi connectivity index (χ2v) is 4.85. The predicted molar refractivity (Wildman–Crippen MR) is 43.1 cm³/mol. The van der Waals surface area contributed by atoms with Crippen molar-refractivity contribution in [2.45, 2.75) is 5.75 Å². The average molecular weight is 215 g/mol. The summed E-state index contributed by atoms with van der Waals surface area (Å²) in [6.45, 7) is 0. The molecule has 0 amide bonds. The topological polar surface area (TPSA) is 34.1 Å². The monoisotopic (exact) mass is 214 g/mol. The minimum atomic E-state index is -4.42. The van der Waals surface area contributed by atoms with Gasteiger partial charge in [0.2, 0.25) is 0 Å². The average Bonchev–Trinajstić information content (AvgIpc) is 2.10. The van der Waals surface area contributed by atoms with E-state index in [1.54, 1.807) is 0 Å². The van der Waals surface area contributed by atoms with E-state index in [-0.39, 0.29) is 0 Å². The Kier molecular flexibility index (Phi) is 2.51. The van der Waals surface area contributed by atoms with Crippen LogP contribution in [-0.2, 0) is 16.0 Å². The lowest BCUT2D eigenvalue weighted by molar-refractivity contribution is 0.551. The Balaban J connectivity index is 2.81. The number of halogens is 2. The van der Waals surface area contributed by atoms with Crippen molar-refractivity contribution in [1.29, 1.82) is 0 Å². The molecule has 2 nitrogen and oxygen atoms in total. The van der Waals surface area contributed by atoms with Crippen LogP contribution in [0.25, 0.3) is 0 Å². The van der Waals surface area contributed by atoms with Gasteiger partial charge in [-0.3, -0.25) is 0 Å². The molecule has 0 N–H and O–H groups in total. The molecule has 0 radical (unpaired) electrons. The third-order valence-corrected chi connectivity index (χ3v) is 2.78. The highest BCUT2D eigenvalue weighted by Crippen LogP contribution is 2.21. The fourth-order valence-electron chi connectivity index (χ4n) is 0.621. The SMILES string of the molecule is O=S(=O)(F)Cc1csc(Cl)c1. The van der Waals surface area contributed by atoms with Crippen molar-refractivity contribution in [2.75, 3.05) is 0 Å². The van der Waals surface area contributed by atoms with Crippen molar-refractivity contribution in [2.24, 2.45) is 0 Å². The molecule has 1 aromatic rings. The Bertz CT molecular complexity index is 343. The van der Waals surface area contributed by atoms with Gasteiger partial charge in [0.1, 0.15) is 5.75 Å². The zero-order valence-corrected chi connectivity index (χ0v) is 7.64. The summed E-state index contributed by atoms with van der Waals surface area (Å²) in [5, 5.41) is 1.51. The van der Waals surface area contributed by atoms with Gasteiger partial charge in [0.05, 0.1) is 4.34 Å². The van der Waals surface area contributed by atoms with Gasteiger partial charge in [-0.05, 0) is 17.0 Å². The lowest BCUT2D eigenvalue weighted by Gasteiger charge is -1.87. The maximum Gasteiger partial charge on any atom is 0.306 e. The van der Waals surface area contributed by atoms with Crippen molar-refractivity contribution >= 4 is 33.2 Å². The molecule has 62 valence electrons. The maximum absolute atomic E-state index is 12.0. The van der Waals surface area contributed by atoms with Gasteiger partial charge in [0.25, 0.3) is 0 Å². The van der Waals surface area contributed by atoms with Gasteiger partial charge in [-0.15, -0.1) is 15.2 Å². The molecular weight excluding hydrogens is 211 g/mol. The molecular formula is C5H4ClFO2S2. The molecule has 0 aliphatic carbocycles. The number of rotatable bonds is 2. The quantitative estimate of drug-likeness (QED) is 0.708. The summed E-state index contributed by atoms with van der Waals surface area (Å²) in [6.07, 6.45) is 0. The zero-order valence-electron chi connectivity index (χ0n) is 5.25. The van der Waals surface area contributed by atoms with Crippen molar-refractivity contribution in [3.63, 3.8) is 0 Å². The standard InChI is InChI=1S/C5H4ClFO2S2/c6-5-1-4(2-10-5)3-11(7,8)9/h1-2H,3H2. The molecule has 0 spiro atoms. The van der Waals surface area contributed by atoms with E-state index in [1.807, 2.05) is 0 Å². The molecule has 11 heavy (non-hydrogen) atoms. The van der Waals surface area contributed by atoms with Crippen LogP contribution in [-0.4, -0.2) is 8.42 Å². The number of hydrogen-bond donors (Lipinski definition) is 0. The van der Waals surface area contributed by atoms with Gasteiger partial charge in [-0.25, -0.2) is 0 Å². The van der Waals surface area contributed by atoms with E-state index in [0.717, 1.165) is 0 Å². The molecule has 1 rings (SSSR count). The molecule has 1 aromatic heterocycles. The van der Waals surface area contributed by atoms with Crippen LogP contribution in [0, 0.1) is 0 Å². The maximum atomic E-state index is 12.0. The first-order chi connectivity index (χ1) is 4.97. The van der Waals surface area contributed by atoms with Gasteiger partial charge in [-0.1, -0.05) is 11.6 Å². The summed E-state index contributed by atoms with van der Waals surface area (Å²) >= 11 is 6.67. The summed E-state index contributed by atoms with van der Waals surface area (Å²) in [7, 11) is -4.42. The Labute approximate surface area is 72.8 Å². The molecule has 0 saturated carbocycles. The van der Waals surface area contributed by atoms with Crippen molar-refractivity contribution in [1.82, 2.24) is 0 Å². The fraction of sp³-hybridized carbons (Fsp3) is 0.200. The van der Waals surface area contributed by atoms with Crippen LogP contribution in [0.2, 0.25) is 4.34 Å². The highest BCUT2D eigenvalue weighted by atomic mass is 35.5.